The van der Waals surface area contributed by atoms with Crippen LogP contribution in [0, 0.1) is 6.92 Å². The highest BCUT2D eigenvalue weighted by molar-refractivity contribution is 9.10. The second-order valence-corrected chi connectivity index (χ2v) is 12.6. The first kappa shape index (κ1) is 30.7. The molecule has 10 heteroatoms. The summed E-state index contributed by atoms with van der Waals surface area (Å²) in [6.45, 7) is 6.91. The standard InChI is InChI=1S/C29H33BrClN3O4S/c1-5-21(3)32-29(36)22(4)33(18-23-12-14-24(30)15-13-23)28(35)19-34(27-9-7-6-8-26(27)31)39(37,38)25-16-10-20(2)11-17-25/h6-17,21-22H,5,18-19H2,1-4H3,(H,32,36)/t21-,22+/m1/s1. The zero-order valence-electron chi connectivity index (χ0n) is 22.4. The molecule has 0 heterocycles. The highest BCUT2D eigenvalue weighted by atomic mass is 79.9. The Labute approximate surface area is 244 Å². The number of anilines is 1. The summed E-state index contributed by atoms with van der Waals surface area (Å²) in [6.07, 6.45) is 0.730. The molecule has 39 heavy (non-hydrogen) atoms. The largest absolute Gasteiger partial charge is 0.352 e. The SMILES string of the molecule is CC[C@@H](C)NC(=O)[C@H](C)N(Cc1ccc(Br)cc1)C(=O)CN(c1ccccc1Cl)S(=O)(=O)c1ccc(C)cc1. The molecule has 0 aromatic heterocycles. The van der Waals surface area contributed by atoms with Crippen molar-refractivity contribution in [2.75, 3.05) is 10.8 Å². The molecule has 0 radical (unpaired) electrons. The van der Waals surface area contributed by atoms with Gasteiger partial charge in [0.25, 0.3) is 10.0 Å². The van der Waals surface area contributed by atoms with Gasteiger partial charge in [0.1, 0.15) is 12.6 Å². The van der Waals surface area contributed by atoms with E-state index in [4.69, 9.17) is 11.6 Å². The summed E-state index contributed by atoms with van der Waals surface area (Å²) in [5.74, 6) is -0.860. The van der Waals surface area contributed by atoms with Crippen molar-refractivity contribution >= 4 is 55.1 Å². The third kappa shape index (κ3) is 7.84. The van der Waals surface area contributed by atoms with Crippen LogP contribution in [0.4, 0.5) is 5.69 Å². The second kappa shape index (κ2) is 13.5. The summed E-state index contributed by atoms with van der Waals surface area (Å²) in [5.41, 5.74) is 1.87. The molecule has 2 amide bonds. The fourth-order valence-corrected chi connectivity index (χ4v) is 5.82. The predicted octanol–water partition coefficient (Wildman–Crippen LogP) is 5.94. The van der Waals surface area contributed by atoms with E-state index in [1.807, 2.05) is 45.0 Å². The van der Waals surface area contributed by atoms with E-state index in [2.05, 4.69) is 21.2 Å². The molecule has 1 N–H and O–H groups in total. The monoisotopic (exact) mass is 633 g/mol. The van der Waals surface area contributed by atoms with Gasteiger partial charge in [0.15, 0.2) is 0 Å². The Kier molecular flexibility index (Phi) is 10.6. The molecule has 2 atom stereocenters. The van der Waals surface area contributed by atoms with Gasteiger partial charge in [-0.25, -0.2) is 8.42 Å². The number of nitrogens with one attached hydrogen (secondary N) is 1. The normalized spacial score (nSPS) is 12.9. The van der Waals surface area contributed by atoms with E-state index in [1.165, 1.54) is 17.0 Å². The van der Waals surface area contributed by atoms with Crippen molar-refractivity contribution in [3.63, 3.8) is 0 Å². The molecule has 0 fully saturated rings. The van der Waals surface area contributed by atoms with Gasteiger partial charge in [0.2, 0.25) is 11.8 Å². The van der Waals surface area contributed by atoms with Crippen molar-refractivity contribution in [2.45, 2.75) is 57.6 Å². The fraction of sp³-hybridized carbons (Fsp3) is 0.310. The lowest BCUT2D eigenvalue weighted by Crippen LogP contribution is -2.52. The van der Waals surface area contributed by atoms with Crippen molar-refractivity contribution in [3.05, 3.63) is 93.4 Å². The Bertz CT molecular complexity index is 1400. The van der Waals surface area contributed by atoms with Gasteiger partial charge >= 0.3 is 0 Å². The number of para-hydroxylation sites is 1. The number of rotatable bonds is 11. The number of carbonyl (C=O) groups is 2. The number of nitrogens with zero attached hydrogens (tertiary/aromatic N) is 2. The van der Waals surface area contributed by atoms with E-state index in [-0.39, 0.29) is 34.1 Å². The lowest BCUT2D eigenvalue weighted by Gasteiger charge is -2.32. The Hall–Kier alpha value is -2.88. The summed E-state index contributed by atoms with van der Waals surface area (Å²) in [7, 11) is -4.17. The van der Waals surface area contributed by atoms with Crippen LogP contribution in [0.25, 0.3) is 0 Å². The first-order valence-electron chi connectivity index (χ1n) is 12.6. The lowest BCUT2D eigenvalue weighted by molar-refractivity contribution is -0.139. The van der Waals surface area contributed by atoms with Gasteiger partial charge in [-0.2, -0.15) is 0 Å². The van der Waals surface area contributed by atoms with Crippen LogP contribution >= 0.6 is 27.5 Å². The van der Waals surface area contributed by atoms with Crippen LogP contribution < -0.4 is 9.62 Å². The van der Waals surface area contributed by atoms with Crippen molar-refractivity contribution in [3.8, 4) is 0 Å². The number of carbonyl (C=O) groups excluding carboxylic acids is 2. The Morgan fingerprint density at radius 1 is 0.974 bits per heavy atom. The van der Waals surface area contributed by atoms with E-state index in [9.17, 15) is 18.0 Å². The molecular formula is C29H33BrClN3O4S. The molecule has 3 rings (SSSR count). The Balaban J connectivity index is 2.03. The number of hydrogen-bond donors (Lipinski definition) is 1. The van der Waals surface area contributed by atoms with Crippen LogP contribution in [0.1, 0.15) is 38.3 Å². The summed E-state index contributed by atoms with van der Waals surface area (Å²) in [5, 5.41) is 3.11. The summed E-state index contributed by atoms with van der Waals surface area (Å²) in [4.78, 5) is 28.5. The van der Waals surface area contributed by atoms with E-state index in [0.717, 1.165) is 26.3 Å². The number of hydrogen-bond acceptors (Lipinski definition) is 4. The maximum Gasteiger partial charge on any atom is 0.264 e. The second-order valence-electron chi connectivity index (χ2n) is 9.42. The van der Waals surface area contributed by atoms with Crippen molar-refractivity contribution < 1.29 is 18.0 Å². The number of halogens is 2. The summed E-state index contributed by atoms with van der Waals surface area (Å²) < 4.78 is 29.6. The molecule has 0 spiro atoms. The predicted molar refractivity (Wildman–Crippen MR) is 159 cm³/mol. The minimum absolute atomic E-state index is 0.0304. The molecule has 0 aliphatic rings. The van der Waals surface area contributed by atoms with Gasteiger partial charge in [0, 0.05) is 17.1 Å². The zero-order valence-corrected chi connectivity index (χ0v) is 25.6. The summed E-state index contributed by atoms with van der Waals surface area (Å²) >= 11 is 9.84. The van der Waals surface area contributed by atoms with Gasteiger partial charge in [-0.1, -0.05) is 76.4 Å². The highest BCUT2D eigenvalue weighted by Crippen LogP contribution is 2.31. The fourth-order valence-electron chi connectivity index (χ4n) is 3.84. The maximum atomic E-state index is 13.9. The van der Waals surface area contributed by atoms with Crippen LogP contribution in [0.5, 0.6) is 0 Å². The van der Waals surface area contributed by atoms with Crippen molar-refractivity contribution in [1.82, 2.24) is 10.2 Å². The molecule has 0 saturated heterocycles. The third-order valence-electron chi connectivity index (χ3n) is 6.44. The quantitative estimate of drug-likeness (QED) is 0.283. The molecule has 0 unspecified atom stereocenters. The highest BCUT2D eigenvalue weighted by Gasteiger charge is 2.33. The van der Waals surface area contributed by atoms with E-state index < -0.39 is 28.5 Å². The Morgan fingerprint density at radius 3 is 2.18 bits per heavy atom. The molecule has 3 aromatic carbocycles. The van der Waals surface area contributed by atoms with Gasteiger partial charge in [0.05, 0.1) is 15.6 Å². The molecular weight excluding hydrogens is 602 g/mol. The number of sulfonamides is 1. The molecule has 0 aliphatic heterocycles. The topological polar surface area (TPSA) is 86.8 Å². The minimum Gasteiger partial charge on any atom is -0.352 e. The van der Waals surface area contributed by atoms with E-state index >= 15 is 0 Å². The molecule has 208 valence electrons. The van der Waals surface area contributed by atoms with Gasteiger partial charge in [-0.05, 0) is 69.2 Å². The van der Waals surface area contributed by atoms with Crippen molar-refractivity contribution in [2.24, 2.45) is 0 Å². The number of amides is 2. The van der Waals surface area contributed by atoms with Crippen LogP contribution in [0.2, 0.25) is 5.02 Å². The average Bonchev–Trinajstić information content (AvgIpc) is 2.91. The van der Waals surface area contributed by atoms with Crippen LogP contribution in [0.15, 0.2) is 82.2 Å². The van der Waals surface area contributed by atoms with E-state index in [0.29, 0.717) is 0 Å². The third-order valence-corrected chi connectivity index (χ3v) is 9.07. The molecule has 7 nitrogen and oxygen atoms in total. The van der Waals surface area contributed by atoms with Crippen LogP contribution in [0.3, 0.4) is 0 Å². The summed E-state index contributed by atoms with van der Waals surface area (Å²) in [6, 6.07) is 19.3. The molecule has 3 aromatic rings. The first-order chi connectivity index (χ1) is 18.4. The van der Waals surface area contributed by atoms with E-state index in [1.54, 1.807) is 43.3 Å². The number of benzene rings is 3. The minimum atomic E-state index is -4.17. The molecule has 0 saturated carbocycles. The lowest BCUT2D eigenvalue weighted by atomic mass is 10.1. The smallest absolute Gasteiger partial charge is 0.264 e. The first-order valence-corrected chi connectivity index (χ1v) is 15.2. The molecule has 0 aliphatic carbocycles. The zero-order chi connectivity index (χ0) is 28.7. The van der Waals surface area contributed by atoms with Gasteiger partial charge in [-0.3, -0.25) is 13.9 Å². The molecule has 0 bridgehead atoms. The van der Waals surface area contributed by atoms with Crippen LogP contribution in [-0.2, 0) is 26.2 Å². The van der Waals surface area contributed by atoms with Gasteiger partial charge < -0.3 is 10.2 Å². The maximum absolute atomic E-state index is 13.9. The Morgan fingerprint density at radius 2 is 1.59 bits per heavy atom. The van der Waals surface area contributed by atoms with Crippen LogP contribution in [-0.4, -0.2) is 43.8 Å². The van der Waals surface area contributed by atoms with Gasteiger partial charge in [-0.15, -0.1) is 0 Å². The number of aryl methyl sites for hydroxylation is 1. The average molecular weight is 635 g/mol. The van der Waals surface area contributed by atoms with Crippen molar-refractivity contribution in [1.29, 1.82) is 0 Å².